The van der Waals surface area contributed by atoms with E-state index in [1.54, 1.807) is 11.9 Å². The summed E-state index contributed by atoms with van der Waals surface area (Å²) in [7, 11) is 1.80. The first-order valence-electron chi connectivity index (χ1n) is 11.7. The number of aromatic nitrogens is 5. The molecule has 0 aliphatic heterocycles. The van der Waals surface area contributed by atoms with E-state index in [9.17, 15) is 4.79 Å². The Morgan fingerprint density at radius 1 is 1.03 bits per heavy atom. The van der Waals surface area contributed by atoms with Crippen LogP contribution in [0, 0.1) is 6.92 Å². The van der Waals surface area contributed by atoms with Crippen LogP contribution >= 0.6 is 0 Å². The predicted molar refractivity (Wildman–Crippen MR) is 133 cm³/mol. The van der Waals surface area contributed by atoms with Gasteiger partial charge in [-0.1, -0.05) is 12.1 Å². The Morgan fingerprint density at radius 3 is 2.59 bits per heavy atom. The molecule has 0 radical (unpaired) electrons. The van der Waals surface area contributed by atoms with Crippen molar-refractivity contribution in [2.45, 2.75) is 39.2 Å². The lowest BCUT2D eigenvalue weighted by molar-refractivity contribution is 0.0782. The zero-order valence-corrected chi connectivity index (χ0v) is 19.4. The molecule has 0 bridgehead atoms. The molecule has 5 aromatic rings. The van der Waals surface area contributed by atoms with Crippen LogP contribution in [0.1, 0.15) is 45.8 Å². The number of aryl methyl sites for hydroxylation is 2. The molecule has 0 unspecified atom stereocenters. The van der Waals surface area contributed by atoms with Gasteiger partial charge in [0.2, 0.25) is 0 Å². The van der Waals surface area contributed by atoms with E-state index < -0.39 is 0 Å². The van der Waals surface area contributed by atoms with Crippen molar-refractivity contribution in [1.29, 1.82) is 0 Å². The second-order valence-electron chi connectivity index (χ2n) is 9.14. The summed E-state index contributed by atoms with van der Waals surface area (Å²) in [5.41, 5.74) is 8.43. The number of carbonyl (C=O) groups excluding carboxylic acids is 1. The molecule has 0 saturated carbocycles. The average molecular weight is 451 g/mol. The van der Waals surface area contributed by atoms with Crippen LogP contribution in [0.2, 0.25) is 0 Å². The molecule has 6 rings (SSSR count). The number of nitrogens with one attached hydrogen (secondary N) is 2. The molecule has 1 amide bonds. The average Bonchev–Trinajstić information content (AvgIpc) is 3.51. The lowest BCUT2D eigenvalue weighted by Gasteiger charge is -2.22. The monoisotopic (exact) mass is 450 g/mol. The Bertz CT molecular complexity index is 1530. The number of hydrogen-bond donors (Lipinski definition) is 2. The molecule has 0 spiro atoms. The van der Waals surface area contributed by atoms with Gasteiger partial charge in [0.25, 0.3) is 5.91 Å². The maximum Gasteiger partial charge on any atom is 0.254 e. The molecule has 7 nitrogen and oxygen atoms in total. The summed E-state index contributed by atoms with van der Waals surface area (Å²) >= 11 is 0. The van der Waals surface area contributed by atoms with E-state index in [1.807, 2.05) is 43.6 Å². The molecule has 0 saturated heterocycles. The third kappa shape index (κ3) is 3.44. The number of benzene rings is 2. The quantitative estimate of drug-likeness (QED) is 0.405. The smallest absolute Gasteiger partial charge is 0.254 e. The van der Waals surface area contributed by atoms with Gasteiger partial charge in [0.1, 0.15) is 5.82 Å². The molecule has 7 heteroatoms. The summed E-state index contributed by atoms with van der Waals surface area (Å²) in [5.74, 6) is 0.750. The minimum absolute atomic E-state index is 0.0311. The highest BCUT2D eigenvalue weighted by atomic mass is 16.2. The van der Waals surface area contributed by atoms with Crippen LogP contribution in [0.4, 0.5) is 0 Å². The summed E-state index contributed by atoms with van der Waals surface area (Å²) in [5, 5.41) is 9.71. The van der Waals surface area contributed by atoms with Crippen LogP contribution in [0.3, 0.4) is 0 Å². The summed E-state index contributed by atoms with van der Waals surface area (Å²) < 4.78 is 0. The molecular weight excluding hydrogens is 424 g/mol. The van der Waals surface area contributed by atoms with E-state index in [0.29, 0.717) is 12.1 Å². The number of nitrogens with zero attached hydrogens (tertiary/aromatic N) is 4. The third-order valence-corrected chi connectivity index (χ3v) is 6.79. The molecule has 2 aromatic carbocycles. The van der Waals surface area contributed by atoms with Gasteiger partial charge < -0.3 is 9.88 Å². The second-order valence-corrected chi connectivity index (χ2v) is 9.14. The molecule has 3 aromatic heterocycles. The molecule has 170 valence electrons. The van der Waals surface area contributed by atoms with Gasteiger partial charge in [-0.15, -0.1) is 0 Å². The van der Waals surface area contributed by atoms with Crippen molar-refractivity contribution in [2.75, 3.05) is 7.05 Å². The summed E-state index contributed by atoms with van der Waals surface area (Å²) in [6, 6.07) is 12.0. The highest BCUT2D eigenvalue weighted by molar-refractivity contribution is 6.07. The SMILES string of the molecule is Cc1c[nH]c(CN(C)C(=O)c2ccc(-c3nc4ccc5[nH]ncc5c4c4c3CCCC4)cc2)n1. The topological polar surface area (TPSA) is 90.6 Å². The van der Waals surface area contributed by atoms with Crippen molar-refractivity contribution in [1.82, 2.24) is 30.0 Å². The normalized spacial score (nSPS) is 13.4. The van der Waals surface area contributed by atoms with Crippen LogP contribution in [0.25, 0.3) is 33.1 Å². The van der Waals surface area contributed by atoms with Gasteiger partial charge in [-0.25, -0.2) is 9.97 Å². The number of fused-ring (bicyclic) bond motifs is 5. The largest absolute Gasteiger partial charge is 0.347 e. The Kier molecular flexibility index (Phi) is 4.90. The van der Waals surface area contributed by atoms with Gasteiger partial charge in [0.05, 0.1) is 35.2 Å². The van der Waals surface area contributed by atoms with Gasteiger partial charge >= 0.3 is 0 Å². The molecule has 0 atom stereocenters. The summed E-state index contributed by atoms with van der Waals surface area (Å²) in [6.45, 7) is 2.37. The molecule has 2 N–H and O–H groups in total. The molecular formula is C27H26N6O. The van der Waals surface area contributed by atoms with Gasteiger partial charge in [-0.3, -0.25) is 9.89 Å². The number of H-pyrrole nitrogens is 2. The highest BCUT2D eigenvalue weighted by Crippen LogP contribution is 2.37. The van der Waals surface area contributed by atoms with Crippen molar-refractivity contribution in [3.63, 3.8) is 0 Å². The minimum Gasteiger partial charge on any atom is -0.347 e. The second kappa shape index (κ2) is 8.09. The number of pyridine rings is 1. The number of carbonyl (C=O) groups is 1. The zero-order valence-electron chi connectivity index (χ0n) is 19.4. The van der Waals surface area contributed by atoms with Crippen molar-refractivity contribution in [2.24, 2.45) is 0 Å². The fraction of sp³-hybridized carbons (Fsp3) is 0.259. The van der Waals surface area contributed by atoms with E-state index in [0.717, 1.165) is 52.0 Å². The summed E-state index contributed by atoms with van der Waals surface area (Å²) in [6.07, 6.45) is 8.19. The lowest BCUT2D eigenvalue weighted by Crippen LogP contribution is -2.26. The molecule has 34 heavy (non-hydrogen) atoms. The lowest BCUT2D eigenvalue weighted by atomic mass is 9.85. The van der Waals surface area contributed by atoms with E-state index in [4.69, 9.17) is 4.98 Å². The van der Waals surface area contributed by atoms with Crippen LogP contribution < -0.4 is 0 Å². The van der Waals surface area contributed by atoms with Crippen molar-refractivity contribution in [3.05, 3.63) is 77.0 Å². The van der Waals surface area contributed by atoms with E-state index in [1.165, 1.54) is 29.4 Å². The zero-order chi connectivity index (χ0) is 23.2. The fourth-order valence-corrected chi connectivity index (χ4v) is 5.12. The molecule has 1 aliphatic carbocycles. The van der Waals surface area contributed by atoms with Crippen LogP contribution in [0.5, 0.6) is 0 Å². The number of imidazole rings is 1. The van der Waals surface area contributed by atoms with Crippen molar-refractivity contribution >= 4 is 27.7 Å². The Hall–Kier alpha value is -4.00. The number of aromatic amines is 2. The first-order valence-corrected chi connectivity index (χ1v) is 11.7. The van der Waals surface area contributed by atoms with Gasteiger partial charge in [0.15, 0.2) is 0 Å². The number of hydrogen-bond acceptors (Lipinski definition) is 4. The first kappa shape index (κ1) is 20.6. The molecule has 3 heterocycles. The van der Waals surface area contributed by atoms with E-state index in [2.05, 4.69) is 32.3 Å². The fourth-order valence-electron chi connectivity index (χ4n) is 5.12. The van der Waals surface area contributed by atoms with Crippen molar-refractivity contribution < 1.29 is 4.79 Å². The Labute approximate surface area is 197 Å². The standard InChI is InChI=1S/C27H26N6O/c1-16-13-28-24(30-16)15-33(2)27(34)18-9-7-17(8-10-18)26-20-6-4-3-5-19(20)25-21-14-29-32-22(21)11-12-23(25)31-26/h7-14H,3-6,15H2,1-2H3,(H,28,30)(H,29,32). The van der Waals surface area contributed by atoms with E-state index in [-0.39, 0.29) is 5.91 Å². The van der Waals surface area contributed by atoms with Crippen LogP contribution in [-0.2, 0) is 19.4 Å². The van der Waals surface area contributed by atoms with Gasteiger partial charge in [-0.2, -0.15) is 5.10 Å². The molecule has 0 fully saturated rings. The van der Waals surface area contributed by atoms with Gasteiger partial charge in [0, 0.05) is 35.1 Å². The summed E-state index contributed by atoms with van der Waals surface area (Å²) in [4.78, 5) is 27.3. The van der Waals surface area contributed by atoms with Crippen molar-refractivity contribution in [3.8, 4) is 11.3 Å². The molecule has 1 aliphatic rings. The van der Waals surface area contributed by atoms with Crippen LogP contribution in [-0.4, -0.2) is 43.0 Å². The van der Waals surface area contributed by atoms with Gasteiger partial charge in [-0.05, 0) is 68.0 Å². The maximum atomic E-state index is 13.0. The first-order chi connectivity index (χ1) is 16.6. The highest BCUT2D eigenvalue weighted by Gasteiger charge is 2.21. The maximum absolute atomic E-state index is 13.0. The Morgan fingerprint density at radius 2 is 1.82 bits per heavy atom. The third-order valence-electron chi connectivity index (χ3n) is 6.79. The van der Waals surface area contributed by atoms with E-state index >= 15 is 0 Å². The number of rotatable bonds is 4. The number of amides is 1. The minimum atomic E-state index is -0.0311. The van der Waals surface area contributed by atoms with Crippen LogP contribution in [0.15, 0.2) is 48.8 Å². The predicted octanol–water partition coefficient (Wildman–Crippen LogP) is 4.96. The Balaban J connectivity index is 1.36.